The summed E-state index contributed by atoms with van der Waals surface area (Å²) in [4.78, 5) is 1.02. The minimum Gasteiger partial charge on any atom is -0.495 e. The van der Waals surface area contributed by atoms with Crippen LogP contribution in [0.4, 0.5) is 0 Å². The molecule has 1 N–H and O–H groups in total. The number of ether oxygens (including phenoxy) is 1. The van der Waals surface area contributed by atoms with Crippen molar-refractivity contribution in [3.63, 3.8) is 0 Å². The van der Waals surface area contributed by atoms with Gasteiger partial charge in [0.05, 0.1) is 13.2 Å². The molecule has 3 aromatic rings. The van der Waals surface area contributed by atoms with Crippen LogP contribution in [-0.4, -0.2) is 15.5 Å². The van der Waals surface area contributed by atoms with E-state index in [1.807, 2.05) is 47.8 Å². The first-order valence-corrected chi connectivity index (χ1v) is 10.6. The summed E-state index contributed by atoms with van der Waals surface area (Å²) in [6.45, 7) is 0. The SMILES string of the molecule is COc1ccc(Br)cc1S(=O)(=O)N[C@@H](c1ccccc1)c1cccs1. The quantitative estimate of drug-likeness (QED) is 0.613. The predicted octanol–water partition coefficient (Wildman–Crippen LogP) is 4.59. The normalized spacial score (nSPS) is 12.7. The summed E-state index contributed by atoms with van der Waals surface area (Å²) in [5, 5.41) is 1.93. The van der Waals surface area contributed by atoms with E-state index in [1.165, 1.54) is 24.5 Å². The molecule has 0 radical (unpaired) electrons. The van der Waals surface area contributed by atoms with E-state index >= 15 is 0 Å². The lowest BCUT2D eigenvalue weighted by Gasteiger charge is -2.19. The molecule has 7 heteroatoms. The van der Waals surface area contributed by atoms with Crippen molar-refractivity contribution in [3.8, 4) is 5.75 Å². The highest BCUT2D eigenvalue weighted by Crippen LogP contribution is 2.31. The van der Waals surface area contributed by atoms with Crippen molar-refractivity contribution < 1.29 is 13.2 Å². The van der Waals surface area contributed by atoms with Gasteiger partial charge in [0.1, 0.15) is 10.6 Å². The average molecular weight is 438 g/mol. The number of benzene rings is 2. The molecule has 0 spiro atoms. The number of nitrogens with one attached hydrogen (secondary N) is 1. The van der Waals surface area contributed by atoms with Gasteiger partial charge in [-0.15, -0.1) is 11.3 Å². The van der Waals surface area contributed by atoms with Gasteiger partial charge in [0.25, 0.3) is 0 Å². The number of halogens is 1. The molecule has 0 bridgehead atoms. The molecule has 130 valence electrons. The Morgan fingerprint density at radius 3 is 2.48 bits per heavy atom. The standard InChI is InChI=1S/C18H16BrNO3S2/c1-23-15-10-9-14(19)12-17(15)25(21,22)20-18(16-8-5-11-24-16)13-6-3-2-4-7-13/h2-12,18,20H,1H3/t18-/m0/s1. The molecule has 0 unspecified atom stereocenters. The molecule has 4 nitrogen and oxygen atoms in total. The Kier molecular flexibility index (Phi) is 5.58. The smallest absolute Gasteiger partial charge is 0.245 e. The van der Waals surface area contributed by atoms with Crippen molar-refractivity contribution >= 4 is 37.3 Å². The molecule has 0 fully saturated rings. The van der Waals surface area contributed by atoms with E-state index in [1.54, 1.807) is 12.1 Å². The van der Waals surface area contributed by atoms with Gasteiger partial charge in [-0.3, -0.25) is 0 Å². The summed E-state index contributed by atoms with van der Waals surface area (Å²) in [5.41, 5.74) is 0.877. The molecule has 1 atom stereocenters. The third-order valence-corrected chi connectivity index (χ3v) is 6.52. The summed E-state index contributed by atoms with van der Waals surface area (Å²) >= 11 is 4.83. The fourth-order valence-corrected chi connectivity index (χ4v) is 5.26. The number of sulfonamides is 1. The molecule has 1 aromatic heterocycles. The Labute approximate surface area is 159 Å². The molecular weight excluding hydrogens is 422 g/mol. The van der Waals surface area contributed by atoms with Crippen molar-refractivity contribution in [1.82, 2.24) is 4.72 Å². The topological polar surface area (TPSA) is 55.4 Å². The van der Waals surface area contributed by atoms with Crippen LogP contribution in [0.15, 0.2) is 75.4 Å². The summed E-state index contributed by atoms with van der Waals surface area (Å²) in [5.74, 6) is 0.300. The van der Waals surface area contributed by atoms with E-state index in [0.29, 0.717) is 10.2 Å². The van der Waals surface area contributed by atoms with E-state index < -0.39 is 16.1 Å². The first-order valence-electron chi connectivity index (χ1n) is 7.45. The van der Waals surface area contributed by atoms with Crippen LogP contribution < -0.4 is 9.46 Å². The lowest BCUT2D eigenvalue weighted by molar-refractivity contribution is 0.402. The maximum atomic E-state index is 13.0. The van der Waals surface area contributed by atoms with E-state index in [-0.39, 0.29) is 4.90 Å². The Morgan fingerprint density at radius 1 is 1.08 bits per heavy atom. The second-order valence-corrected chi connectivity index (χ2v) is 8.85. The maximum absolute atomic E-state index is 13.0. The minimum atomic E-state index is -3.80. The Morgan fingerprint density at radius 2 is 1.84 bits per heavy atom. The van der Waals surface area contributed by atoms with Gasteiger partial charge in [-0.05, 0) is 35.2 Å². The van der Waals surface area contributed by atoms with Gasteiger partial charge >= 0.3 is 0 Å². The molecule has 25 heavy (non-hydrogen) atoms. The lowest BCUT2D eigenvalue weighted by atomic mass is 10.1. The van der Waals surface area contributed by atoms with Crippen molar-refractivity contribution in [2.75, 3.05) is 7.11 Å². The number of hydrogen-bond acceptors (Lipinski definition) is 4. The van der Waals surface area contributed by atoms with Crippen LogP contribution in [0, 0.1) is 0 Å². The van der Waals surface area contributed by atoms with Crippen LogP contribution in [0.25, 0.3) is 0 Å². The molecule has 3 rings (SSSR count). The zero-order valence-electron chi connectivity index (χ0n) is 13.3. The first-order chi connectivity index (χ1) is 12.0. The number of rotatable bonds is 6. The highest BCUT2D eigenvalue weighted by atomic mass is 79.9. The molecular formula is C18H16BrNO3S2. The summed E-state index contributed by atoms with van der Waals surface area (Å²) < 4.78 is 34.8. The van der Waals surface area contributed by atoms with Crippen LogP contribution in [0.2, 0.25) is 0 Å². The van der Waals surface area contributed by atoms with Gasteiger partial charge in [-0.2, -0.15) is 4.72 Å². The number of thiophene rings is 1. The van der Waals surface area contributed by atoms with Crippen molar-refractivity contribution in [2.24, 2.45) is 0 Å². The van der Waals surface area contributed by atoms with E-state index in [9.17, 15) is 8.42 Å². The maximum Gasteiger partial charge on any atom is 0.245 e. The highest BCUT2D eigenvalue weighted by molar-refractivity contribution is 9.10. The van der Waals surface area contributed by atoms with Crippen molar-refractivity contribution in [1.29, 1.82) is 0 Å². The van der Waals surface area contributed by atoms with Crippen LogP contribution in [-0.2, 0) is 10.0 Å². The van der Waals surface area contributed by atoms with E-state index in [4.69, 9.17) is 4.74 Å². The van der Waals surface area contributed by atoms with Gasteiger partial charge in [0.15, 0.2) is 0 Å². The average Bonchev–Trinajstić information content (AvgIpc) is 3.15. The Hall–Kier alpha value is -1.67. The third-order valence-electron chi connectivity index (χ3n) is 3.65. The summed E-state index contributed by atoms with van der Waals surface area (Å²) in [7, 11) is -2.34. The van der Waals surface area contributed by atoms with Crippen LogP contribution >= 0.6 is 27.3 Å². The second-order valence-electron chi connectivity index (χ2n) is 5.28. The van der Waals surface area contributed by atoms with E-state index in [0.717, 1.165) is 10.4 Å². The van der Waals surface area contributed by atoms with Gasteiger partial charge in [0.2, 0.25) is 10.0 Å². The molecule has 2 aromatic carbocycles. The van der Waals surface area contributed by atoms with Gasteiger partial charge in [0, 0.05) is 9.35 Å². The number of hydrogen-bond donors (Lipinski definition) is 1. The zero-order valence-corrected chi connectivity index (χ0v) is 16.6. The minimum absolute atomic E-state index is 0.0989. The summed E-state index contributed by atoms with van der Waals surface area (Å²) in [6, 6.07) is 17.8. The molecule has 0 saturated carbocycles. The van der Waals surface area contributed by atoms with Crippen molar-refractivity contribution in [2.45, 2.75) is 10.9 Å². The fraction of sp³-hybridized carbons (Fsp3) is 0.111. The molecule has 0 saturated heterocycles. The van der Waals surface area contributed by atoms with Gasteiger partial charge in [-0.1, -0.05) is 52.3 Å². The molecule has 0 aliphatic rings. The van der Waals surface area contributed by atoms with Crippen molar-refractivity contribution in [3.05, 3.63) is 81.0 Å². The second kappa shape index (κ2) is 7.70. The van der Waals surface area contributed by atoms with Gasteiger partial charge < -0.3 is 4.74 Å². The predicted molar refractivity (Wildman–Crippen MR) is 104 cm³/mol. The van der Waals surface area contributed by atoms with Crippen LogP contribution in [0.3, 0.4) is 0 Å². The van der Waals surface area contributed by atoms with E-state index in [2.05, 4.69) is 20.7 Å². The number of methoxy groups -OCH3 is 1. The first kappa shape index (κ1) is 18.1. The fourth-order valence-electron chi connectivity index (χ4n) is 2.47. The highest BCUT2D eigenvalue weighted by Gasteiger charge is 2.26. The lowest BCUT2D eigenvalue weighted by Crippen LogP contribution is -2.29. The molecule has 0 aliphatic heterocycles. The van der Waals surface area contributed by atoms with Crippen LogP contribution in [0.5, 0.6) is 5.75 Å². The Bertz CT molecular complexity index is 942. The molecule has 0 aliphatic carbocycles. The largest absolute Gasteiger partial charge is 0.495 e. The van der Waals surface area contributed by atoms with Gasteiger partial charge in [-0.25, -0.2) is 8.42 Å². The molecule has 0 amide bonds. The summed E-state index contributed by atoms with van der Waals surface area (Å²) in [6.07, 6.45) is 0. The Balaban J connectivity index is 2.04. The monoisotopic (exact) mass is 437 g/mol. The zero-order chi connectivity index (χ0) is 17.9. The molecule has 1 heterocycles. The third kappa shape index (κ3) is 4.12. The van der Waals surface area contributed by atoms with Crippen LogP contribution in [0.1, 0.15) is 16.5 Å².